The van der Waals surface area contributed by atoms with Crippen LogP contribution in [-0.4, -0.2) is 9.78 Å². The highest BCUT2D eigenvalue weighted by Gasteiger charge is 2.13. The predicted octanol–water partition coefficient (Wildman–Crippen LogP) is 4.61. The molecular formula is C16H21BrN2. The van der Waals surface area contributed by atoms with Crippen molar-refractivity contribution in [2.45, 2.75) is 46.6 Å². The molecule has 2 aromatic rings. The van der Waals surface area contributed by atoms with E-state index < -0.39 is 0 Å². The van der Waals surface area contributed by atoms with Crippen LogP contribution in [0.5, 0.6) is 0 Å². The van der Waals surface area contributed by atoms with Crippen molar-refractivity contribution < 1.29 is 0 Å². The Hall–Kier alpha value is -1.09. The largest absolute Gasteiger partial charge is 0.264 e. The predicted molar refractivity (Wildman–Crippen MR) is 83.6 cm³/mol. The standard InChI is InChI=1S/C16H21BrN2/c1-11-15(17)12(2)19(18-11)10-13-6-8-14(9-7-13)16(3,4)5/h6-9H,10H2,1-5H3. The van der Waals surface area contributed by atoms with E-state index in [9.17, 15) is 0 Å². The van der Waals surface area contributed by atoms with Crippen LogP contribution in [0.15, 0.2) is 28.7 Å². The number of hydrogen-bond donors (Lipinski definition) is 0. The van der Waals surface area contributed by atoms with E-state index in [0.717, 1.165) is 16.7 Å². The maximum atomic E-state index is 4.55. The monoisotopic (exact) mass is 320 g/mol. The Morgan fingerprint density at radius 1 is 1.11 bits per heavy atom. The summed E-state index contributed by atoms with van der Waals surface area (Å²) < 4.78 is 3.16. The molecule has 0 aliphatic heterocycles. The molecule has 0 unspecified atom stereocenters. The molecule has 1 aromatic heterocycles. The molecular weight excluding hydrogens is 300 g/mol. The van der Waals surface area contributed by atoms with Crippen LogP contribution in [0.3, 0.4) is 0 Å². The summed E-state index contributed by atoms with van der Waals surface area (Å²) in [4.78, 5) is 0. The molecule has 1 aromatic carbocycles. The first-order valence-electron chi connectivity index (χ1n) is 6.58. The number of hydrogen-bond acceptors (Lipinski definition) is 1. The normalized spacial score (nSPS) is 11.9. The van der Waals surface area contributed by atoms with Crippen LogP contribution in [-0.2, 0) is 12.0 Å². The number of benzene rings is 1. The van der Waals surface area contributed by atoms with E-state index in [1.165, 1.54) is 16.8 Å². The molecule has 0 radical (unpaired) electrons. The zero-order valence-corrected chi connectivity index (χ0v) is 13.9. The summed E-state index contributed by atoms with van der Waals surface area (Å²) in [6.45, 7) is 11.6. The summed E-state index contributed by atoms with van der Waals surface area (Å²) in [5.74, 6) is 0. The third-order valence-corrected chi connectivity index (χ3v) is 4.59. The lowest BCUT2D eigenvalue weighted by Crippen LogP contribution is -2.11. The van der Waals surface area contributed by atoms with Crippen molar-refractivity contribution in [2.75, 3.05) is 0 Å². The van der Waals surface area contributed by atoms with Crippen molar-refractivity contribution >= 4 is 15.9 Å². The number of aromatic nitrogens is 2. The van der Waals surface area contributed by atoms with E-state index in [1.54, 1.807) is 0 Å². The molecule has 0 aliphatic rings. The van der Waals surface area contributed by atoms with Crippen LogP contribution in [0.2, 0.25) is 0 Å². The third-order valence-electron chi connectivity index (χ3n) is 3.45. The first-order valence-corrected chi connectivity index (χ1v) is 7.37. The summed E-state index contributed by atoms with van der Waals surface area (Å²) >= 11 is 3.57. The molecule has 2 rings (SSSR count). The summed E-state index contributed by atoms with van der Waals surface area (Å²) in [6.07, 6.45) is 0. The van der Waals surface area contributed by atoms with Crippen LogP contribution in [0, 0.1) is 13.8 Å². The quantitative estimate of drug-likeness (QED) is 0.790. The molecule has 0 atom stereocenters. The molecule has 0 aliphatic carbocycles. The minimum Gasteiger partial charge on any atom is -0.264 e. The van der Waals surface area contributed by atoms with Gasteiger partial charge in [0.05, 0.1) is 22.4 Å². The lowest BCUT2D eigenvalue weighted by Gasteiger charge is -2.19. The van der Waals surface area contributed by atoms with Gasteiger partial charge >= 0.3 is 0 Å². The van der Waals surface area contributed by atoms with Crippen LogP contribution in [0.25, 0.3) is 0 Å². The van der Waals surface area contributed by atoms with Gasteiger partial charge in [-0.15, -0.1) is 0 Å². The van der Waals surface area contributed by atoms with E-state index in [4.69, 9.17) is 0 Å². The second-order valence-corrected chi connectivity index (χ2v) is 6.88. The molecule has 1 heterocycles. The van der Waals surface area contributed by atoms with Crippen molar-refractivity contribution in [2.24, 2.45) is 0 Å². The minimum atomic E-state index is 0.208. The van der Waals surface area contributed by atoms with Gasteiger partial charge in [-0.1, -0.05) is 45.0 Å². The summed E-state index contributed by atoms with van der Waals surface area (Å²) in [5, 5.41) is 4.55. The fourth-order valence-electron chi connectivity index (χ4n) is 2.11. The second kappa shape index (κ2) is 5.12. The molecule has 0 saturated heterocycles. The molecule has 0 saturated carbocycles. The van der Waals surface area contributed by atoms with E-state index in [-0.39, 0.29) is 5.41 Å². The zero-order valence-electron chi connectivity index (χ0n) is 12.3. The van der Waals surface area contributed by atoms with Gasteiger partial charge in [0.25, 0.3) is 0 Å². The van der Waals surface area contributed by atoms with Crippen LogP contribution >= 0.6 is 15.9 Å². The van der Waals surface area contributed by atoms with Gasteiger partial charge in [-0.2, -0.15) is 5.10 Å². The van der Waals surface area contributed by atoms with Crippen molar-refractivity contribution in [1.29, 1.82) is 0 Å². The van der Waals surface area contributed by atoms with Gasteiger partial charge in [0.15, 0.2) is 0 Å². The molecule has 0 fully saturated rings. The average Bonchev–Trinajstić information content (AvgIpc) is 2.57. The van der Waals surface area contributed by atoms with Crippen molar-refractivity contribution in [3.8, 4) is 0 Å². The van der Waals surface area contributed by atoms with Gasteiger partial charge in [0, 0.05) is 0 Å². The Balaban J connectivity index is 2.22. The first kappa shape index (κ1) is 14.3. The lowest BCUT2D eigenvalue weighted by atomic mass is 9.87. The number of halogens is 1. The molecule has 0 bridgehead atoms. The maximum Gasteiger partial charge on any atom is 0.0738 e. The molecule has 0 amide bonds. The summed E-state index contributed by atoms with van der Waals surface area (Å²) in [6, 6.07) is 8.84. The van der Waals surface area contributed by atoms with Crippen LogP contribution < -0.4 is 0 Å². The van der Waals surface area contributed by atoms with Gasteiger partial charge in [0.1, 0.15) is 0 Å². The number of nitrogens with zero attached hydrogens (tertiary/aromatic N) is 2. The Morgan fingerprint density at radius 2 is 1.68 bits per heavy atom. The van der Waals surface area contributed by atoms with E-state index in [2.05, 4.69) is 73.0 Å². The molecule has 2 nitrogen and oxygen atoms in total. The molecule has 102 valence electrons. The van der Waals surface area contributed by atoms with Gasteiger partial charge in [-0.3, -0.25) is 4.68 Å². The maximum absolute atomic E-state index is 4.55. The van der Waals surface area contributed by atoms with E-state index >= 15 is 0 Å². The highest BCUT2D eigenvalue weighted by atomic mass is 79.9. The number of rotatable bonds is 2. The molecule has 0 spiro atoms. The van der Waals surface area contributed by atoms with Gasteiger partial charge in [-0.25, -0.2) is 0 Å². The SMILES string of the molecule is Cc1nn(Cc2ccc(C(C)(C)C)cc2)c(C)c1Br. The lowest BCUT2D eigenvalue weighted by molar-refractivity contribution is 0.589. The molecule has 19 heavy (non-hydrogen) atoms. The van der Waals surface area contributed by atoms with Crippen molar-refractivity contribution in [3.63, 3.8) is 0 Å². The highest BCUT2D eigenvalue weighted by molar-refractivity contribution is 9.10. The zero-order chi connectivity index (χ0) is 14.2. The summed E-state index contributed by atoms with van der Waals surface area (Å²) in [7, 11) is 0. The highest BCUT2D eigenvalue weighted by Crippen LogP contribution is 2.23. The van der Waals surface area contributed by atoms with Crippen molar-refractivity contribution in [1.82, 2.24) is 9.78 Å². The topological polar surface area (TPSA) is 17.8 Å². The molecule has 3 heteroatoms. The van der Waals surface area contributed by atoms with Crippen molar-refractivity contribution in [3.05, 3.63) is 51.3 Å². The second-order valence-electron chi connectivity index (χ2n) is 6.09. The van der Waals surface area contributed by atoms with Crippen LogP contribution in [0.1, 0.15) is 43.3 Å². The Bertz CT molecular complexity index is 574. The minimum absolute atomic E-state index is 0.208. The Morgan fingerprint density at radius 3 is 2.11 bits per heavy atom. The Labute approximate surface area is 124 Å². The first-order chi connectivity index (χ1) is 8.79. The fraction of sp³-hybridized carbons (Fsp3) is 0.438. The third kappa shape index (κ3) is 3.08. The number of aryl methyl sites for hydroxylation is 1. The van der Waals surface area contributed by atoms with Crippen LogP contribution in [0.4, 0.5) is 0 Å². The average molecular weight is 321 g/mol. The van der Waals surface area contributed by atoms with Gasteiger partial charge < -0.3 is 0 Å². The van der Waals surface area contributed by atoms with E-state index in [1.807, 2.05) is 11.6 Å². The van der Waals surface area contributed by atoms with Gasteiger partial charge in [-0.05, 0) is 46.3 Å². The summed E-state index contributed by atoms with van der Waals surface area (Å²) in [5.41, 5.74) is 5.08. The Kier molecular flexibility index (Phi) is 3.86. The van der Waals surface area contributed by atoms with E-state index in [0.29, 0.717) is 0 Å². The van der Waals surface area contributed by atoms with Gasteiger partial charge in [0.2, 0.25) is 0 Å². The smallest absolute Gasteiger partial charge is 0.0738 e. The molecule has 0 N–H and O–H groups in total. The fourth-order valence-corrected chi connectivity index (χ4v) is 2.40.